The van der Waals surface area contributed by atoms with Gasteiger partial charge in [-0.15, -0.1) is 0 Å². The lowest BCUT2D eigenvalue weighted by molar-refractivity contribution is 0.547. The molecule has 0 spiro atoms. The minimum Gasteiger partial charge on any atom is -0.370 e. The quantitative estimate of drug-likeness (QED) is 0.694. The third-order valence-electron chi connectivity index (χ3n) is 2.30. The molecule has 0 atom stereocenters. The molecule has 3 nitrogen and oxygen atoms in total. The predicted molar refractivity (Wildman–Crippen MR) is 69.8 cm³/mol. The highest BCUT2D eigenvalue weighted by Crippen LogP contribution is 2.03. The predicted octanol–water partition coefficient (Wildman–Crippen LogP) is 2.44. The second-order valence-corrected chi connectivity index (χ2v) is 4.60. The van der Waals surface area contributed by atoms with Crippen LogP contribution in [0.15, 0.2) is 18.3 Å². The first-order valence-corrected chi connectivity index (χ1v) is 6.05. The molecule has 0 saturated carbocycles. The van der Waals surface area contributed by atoms with E-state index in [9.17, 15) is 0 Å². The lowest BCUT2D eigenvalue weighted by atomic mass is 10.2. The molecule has 0 fully saturated rings. The van der Waals surface area contributed by atoms with Gasteiger partial charge >= 0.3 is 0 Å². The van der Waals surface area contributed by atoms with Crippen LogP contribution in [0.5, 0.6) is 0 Å². The fourth-order valence-electron chi connectivity index (χ4n) is 1.39. The van der Waals surface area contributed by atoms with E-state index in [1.807, 2.05) is 19.2 Å². The van der Waals surface area contributed by atoms with Crippen LogP contribution < -0.4 is 10.6 Å². The van der Waals surface area contributed by atoms with E-state index in [0.717, 1.165) is 37.8 Å². The maximum absolute atomic E-state index is 4.29. The van der Waals surface area contributed by atoms with Crippen LogP contribution in [-0.2, 0) is 0 Å². The molecular formula is C13H23N3. The molecule has 0 aliphatic carbocycles. The molecule has 0 radical (unpaired) electrons. The van der Waals surface area contributed by atoms with Gasteiger partial charge in [0.05, 0.1) is 0 Å². The summed E-state index contributed by atoms with van der Waals surface area (Å²) < 4.78 is 0. The molecule has 16 heavy (non-hydrogen) atoms. The van der Waals surface area contributed by atoms with E-state index in [2.05, 4.69) is 35.5 Å². The standard InChI is InChI=1S/C13H23N3/c1-11(2)9-14-7-4-8-15-13-6-5-12(3)10-16-13/h5-6,10-11,14H,4,7-9H2,1-3H3,(H,15,16). The Hall–Kier alpha value is -1.09. The van der Waals surface area contributed by atoms with Crippen molar-refractivity contribution < 1.29 is 0 Å². The molecule has 2 N–H and O–H groups in total. The molecule has 0 aliphatic rings. The number of aromatic nitrogens is 1. The van der Waals surface area contributed by atoms with E-state index in [1.165, 1.54) is 5.56 Å². The van der Waals surface area contributed by atoms with Gasteiger partial charge in [-0.25, -0.2) is 4.98 Å². The summed E-state index contributed by atoms with van der Waals surface area (Å²) in [4.78, 5) is 4.29. The molecule has 0 aliphatic heterocycles. The van der Waals surface area contributed by atoms with Gasteiger partial charge in [-0.05, 0) is 44.0 Å². The van der Waals surface area contributed by atoms with Gasteiger partial charge < -0.3 is 10.6 Å². The number of nitrogens with zero attached hydrogens (tertiary/aromatic N) is 1. The smallest absolute Gasteiger partial charge is 0.125 e. The fourth-order valence-corrected chi connectivity index (χ4v) is 1.39. The van der Waals surface area contributed by atoms with Crippen LogP contribution >= 0.6 is 0 Å². The Morgan fingerprint density at radius 3 is 2.69 bits per heavy atom. The summed E-state index contributed by atoms with van der Waals surface area (Å²) in [6.45, 7) is 9.64. The Morgan fingerprint density at radius 1 is 1.25 bits per heavy atom. The van der Waals surface area contributed by atoms with Gasteiger partial charge in [0.2, 0.25) is 0 Å². The number of anilines is 1. The fraction of sp³-hybridized carbons (Fsp3) is 0.615. The zero-order valence-corrected chi connectivity index (χ0v) is 10.6. The van der Waals surface area contributed by atoms with Gasteiger partial charge in [-0.1, -0.05) is 19.9 Å². The van der Waals surface area contributed by atoms with Gasteiger partial charge in [-0.2, -0.15) is 0 Å². The van der Waals surface area contributed by atoms with Gasteiger partial charge in [-0.3, -0.25) is 0 Å². The summed E-state index contributed by atoms with van der Waals surface area (Å²) in [5.41, 5.74) is 1.20. The van der Waals surface area contributed by atoms with Crippen LogP contribution in [0.4, 0.5) is 5.82 Å². The van der Waals surface area contributed by atoms with E-state index in [4.69, 9.17) is 0 Å². The molecule has 3 heteroatoms. The van der Waals surface area contributed by atoms with Crippen molar-refractivity contribution in [3.05, 3.63) is 23.9 Å². The number of hydrogen-bond acceptors (Lipinski definition) is 3. The first-order chi connectivity index (χ1) is 7.68. The highest BCUT2D eigenvalue weighted by atomic mass is 15.0. The van der Waals surface area contributed by atoms with E-state index in [1.54, 1.807) is 0 Å². The summed E-state index contributed by atoms with van der Waals surface area (Å²) in [5.74, 6) is 1.70. The van der Waals surface area contributed by atoms with Gasteiger partial charge in [0.15, 0.2) is 0 Å². The lowest BCUT2D eigenvalue weighted by Gasteiger charge is -2.08. The Labute approximate surface area is 98.7 Å². The molecule has 0 amide bonds. The Morgan fingerprint density at radius 2 is 2.06 bits per heavy atom. The molecular weight excluding hydrogens is 198 g/mol. The monoisotopic (exact) mass is 221 g/mol. The van der Waals surface area contributed by atoms with Crippen molar-refractivity contribution in [3.8, 4) is 0 Å². The maximum atomic E-state index is 4.29. The van der Waals surface area contributed by atoms with Crippen molar-refractivity contribution in [3.63, 3.8) is 0 Å². The first kappa shape index (κ1) is 13.0. The van der Waals surface area contributed by atoms with Crippen LogP contribution in [0.2, 0.25) is 0 Å². The highest BCUT2D eigenvalue weighted by molar-refractivity contribution is 5.34. The third-order valence-corrected chi connectivity index (χ3v) is 2.30. The average Bonchev–Trinajstić information content (AvgIpc) is 2.25. The summed E-state index contributed by atoms with van der Waals surface area (Å²) in [6.07, 6.45) is 3.02. The van der Waals surface area contributed by atoms with Crippen molar-refractivity contribution in [1.82, 2.24) is 10.3 Å². The number of nitrogens with one attached hydrogen (secondary N) is 2. The molecule has 90 valence electrons. The normalized spacial score (nSPS) is 10.8. The highest BCUT2D eigenvalue weighted by Gasteiger charge is 1.94. The summed E-state index contributed by atoms with van der Waals surface area (Å²) in [5, 5.41) is 6.73. The number of hydrogen-bond donors (Lipinski definition) is 2. The van der Waals surface area contributed by atoms with Gasteiger partial charge in [0, 0.05) is 12.7 Å². The molecule has 1 aromatic heterocycles. The van der Waals surface area contributed by atoms with Crippen molar-refractivity contribution in [2.45, 2.75) is 27.2 Å². The van der Waals surface area contributed by atoms with Gasteiger partial charge in [0.25, 0.3) is 0 Å². The molecule has 1 rings (SSSR count). The van der Waals surface area contributed by atoms with Crippen molar-refractivity contribution in [2.75, 3.05) is 25.0 Å². The van der Waals surface area contributed by atoms with Crippen molar-refractivity contribution >= 4 is 5.82 Å². The Kier molecular flexibility index (Phi) is 5.86. The van der Waals surface area contributed by atoms with Crippen LogP contribution in [-0.4, -0.2) is 24.6 Å². The Bertz CT molecular complexity index is 280. The lowest BCUT2D eigenvalue weighted by Crippen LogP contribution is -2.22. The SMILES string of the molecule is Cc1ccc(NCCCNCC(C)C)nc1. The molecule has 1 aromatic rings. The van der Waals surface area contributed by atoms with Crippen LogP contribution in [0.1, 0.15) is 25.8 Å². The minimum absolute atomic E-state index is 0.728. The zero-order valence-electron chi connectivity index (χ0n) is 10.6. The second kappa shape index (κ2) is 7.23. The van der Waals surface area contributed by atoms with Crippen LogP contribution in [0, 0.1) is 12.8 Å². The first-order valence-electron chi connectivity index (χ1n) is 6.05. The van der Waals surface area contributed by atoms with Crippen molar-refractivity contribution in [2.24, 2.45) is 5.92 Å². The minimum atomic E-state index is 0.728. The molecule has 0 saturated heterocycles. The summed E-state index contributed by atoms with van der Waals surface area (Å²) in [6, 6.07) is 4.10. The van der Waals surface area contributed by atoms with Gasteiger partial charge in [0.1, 0.15) is 5.82 Å². The largest absolute Gasteiger partial charge is 0.370 e. The molecule has 1 heterocycles. The molecule has 0 bridgehead atoms. The van der Waals surface area contributed by atoms with E-state index in [0.29, 0.717) is 0 Å². The summed E-state index contributed by atoms with van der Waals surface area (Å²) in [7, 11) is 0. The number of aryl methyl sites for hydroxylation is 1. The van der Waals surface area contributed by atoms with Crippen LogP contribution in [0.25, 0.3) is 0 Å². The zero-order chi connectivity index (χ0) is 11.8. The third kappa shape index (κ3) is 5.71. The summed E-state index contributed by atoms with van der Waals surface area (Å²) >= 11 is 0. The Balaban J connectivity index is 2.05. The van der Waals surface area contributed by atoms with E-state index >= 15 is 0 Å². The second-order valence-electron chi connectivity index (χ2n) is 4.60. The molecule has 0 unspecified atom stereocenters. The van der Waals surface area contributed by atoms with Crippen molar-refractivity contribution in [1.29, 1.82) is 0 Å². The van der Waals surface area contributed by atoms with E-state index < -0.39 is 0 Å². The number of rotatable bonds is 7. The number of pyridine rings is 1. The molecule has 0 aromatic carbocycles. The van der Waals surface area contributed by atoms with E-state index in [-0.39, 0.29) is 0 Å². The average molecular weight is 221 g/mol. The topological polar surface area (TPSA) is 37.0 Å². The maximum Gasteiger partial charge on any atom is 0.125 e. The van der Waals surface area contributed by atoms with Crippen LogP contribution in [0.3, 0.4) is 0 Å².